The van der Waals surface area contributed by atoms with Gasteiger partial charge in [0.15, 0.2) is 5.82 Å². The van der Waals surface area contributed by atoms with Crippen LogP contribution in [0.1, 0.15) is 104 Å². The van der Waals surface area contributed by atoms with E-state index >= 15 is 8.78 Å². The SMILES string of the molecule is C=C1CCC(n2c(=C)c3cccc(Nc4ccc(CN5CCC(n6nc(N7CCCc8cc(-c9cc%10nccn%10cc9C)c(C(F)F)cc87)c(CC)c6CCC)CC5)cc4)c3c2=C)C(=S)N1. The lowest BCUT2D eigenvalue weighted by Gasteiger charge is -2.33. The Bertz CT molecular complexity index is 3100. The molecule has 7 heterocycles. The van der Waals surface area contributed by atoms with Crippen molar-refractivity contribution in [1.29, 1.82) is 0 Å². The van der Waals surface area contributed by atoms with E-state index in [1.54, 1.807) is 12.3 Å². The molecule has 1 atom stereocenters. The lowest BCUT2D eigenvalue weighted by atomic mass is 9.90. The van der Waals surface area contributed by atoms with Crippen LogP contribution in [0.2, 0.25) is 0 Å². The number of halogens is 2. The van der Waals surface area contributed by atoms with Gasteiger partial charge in [0.25, 0.3) is 6.43 Å². The van der Waals surface area contributed by atoms with Crippen LogP contribution in [-0.2, 0) is 25.8 Å². The third-order valence-corrected chi connectivity index (χ3v) is 14.6. The summed E-state index contributed by atoms with van der Waals surface area (Å²) in [4.78, 5) is 10.0. The topological polar surface area (TPSA) is 70.6 Å². The number of piperidine rings is 2. The predicted molar refractivity (Wildman–Crippen MR) is 270 cm³/mol. The lowest BCUT2D eigenvalue weighted by molar-refractivity contribution is 0.152. The zero-order valence-corrected chi connectivity index (χ0v) is 39.2. The number of fused-ring (bicyclic) bond motifs is 3. The van der Waals surface area contributed by atoms with E-state index in [1.807, 2.05) is 35.9 Å². The zero-order valence-electron chi connectivity index (χ0n) is 38.3. The van der Waals surface area contributed by atoms with Crippen molar-refractivity contribution in [3.05, 3.63) is 136 Å². The fourth-order valence-electron chi connectivity index (χ4n) is 10.9. The molecule has 66 heavy (non-hydrogen) atoms. The number of aryl methyl sites for hydroxylation is 2. The smallest absolute Gasteiger partial charge is 0.264 e. The average molecular weight is 904 g/mol. The van der Waals surface area contributed by atoms with Crippen LogP contribution in [0.15, 0.2) is 91.5 Å². The standard InChI is InChI=1S/C54H59F2N9S/c1-7-11-47-41(8-2)53(63-24-10-12-38-28-44(45(52(55)56)29-49(38)63)43-30-50-57-23-27-62(50)31-33(43)3)60-65(47)40-21-25-61(26-22-40)32-37-16-18-39(19-17-37)59-46-14-9-13-42-35(5)64(36(6)51(42)46)48-20-15-34(4)58-54(48)66/h9,13-14,16-19,23,27-31,40,48,52,59H,4-8,10-12,15,20-22,24-26,32H2,1-3H3,(H,58,66). The van der Waals surface area contributed by atoms with Crippen LogP contribution in [0, 0.1) is 6.92 Å². The van der Waals surface area contributed by atoms with Crippen molar-refractivity contribution in [2.75, 3.05) is 29.9 Å². The van der Waals surface area contributed by atoms with Crippen LogP contribution in [0.5, 0.6) is 0 Å². The summed E-state index contributed by atoms with van der Waals surface area (Å²) in [5, 5.41) is 16.4. The molecule has 3 aliphatic heterocycles. The molecule has 0 aliphatic carbocycles. The van der Waals surface area contributed by atoms with Gasteiger partial charge in [-0.2, -0.15) is 5.10 Å². The Balaban J connectivity index is 0.849. The fourth-order valence-corrected chi connectivity index (χ4v) is 11.3. The van der Waals surface area contributed by atoms with Gasteiger partial charge in [-0.3, -0.25) is 9.58 Å². The zero-order chi connectivity index (χ0) is 45.8. The van der Waals surface area contributed by atoms with E-state index in [9.17, 15) is 0 Å². The summed E-state index contributed by atoms with van der Waals surface area (Å²) >= 11 is 5.75. The number of hydrogen-bond acceptors (Lipinski definition) is 6. The first-order valence-electron chi connectivity index (χ1n) is 23.6. The minimum atomic E-state index is -2.63. The van der Waals surface area contributed by atoms with E-state index in [0.717, 1.165) is 161 Å². The number of imidazole rings is 1. The van der Waals surface area contributed by atoms with Gasteiger partial charge in [-0.1, -0.05) is 76.5 Å². The normalized spacial score (nSPS) is 17.3. The summed E-state index contributed by atoms with van der Waals surface area (Å²) in [5.74, 6) is 0.935. The van der Waals surface area contributed by atoms with Crippen LogP contribution >= 0.6 is 12.2 Å². The van der Waals surface area contributed by atoms with Crippen LogP contribution in [0.3, 0.4) is 0 Å². The van der Waals surface area contributed by atoms with Crippen molar-refractivity contribution in [2.24, 2.45) is 0 Å². The molecule has 1 unspecified atom stereocenters. The van der Waals surface area contributed by atoms with Crippen LogP contribution in [0.25, 0.3) is 40.7 Å². The van der Waals surface area contributed by atoms with Crippen LogP contribution in [-0.4, -0.2) is 53.3 Å². The number of alkyl halides is 2. The Kier molecular flexibility index (Phi) is 11.9. The molecular formula is C54H59F2N9S. The second kappa shape index (κ2) is 17.9. The number of nitrogens with zero attached hydrogens (tertiary/aromatic N) is 7. The number of allylic oxidation sites excluding steroid dienone is 1. The summed E-state index contributed by atoms with van der Waals surface area (Å²) in [6.07, 6.45) is 11.2. The first kappa shape index (κ1) is 43.8. The maximum Gasteiger partial charge on any atom is 0.264 e. The summed E-state index contributed by atoms with van der Waals surface area (Å²) in [5.41, 5.74) is 11.9. The van der Waals surface area contributed by atoms with Gasteiger partial charge in [0.1, 0.15) is 10.6 Å². The number of rotatable bonds is 12. The Morgan fingerprint density at radius 3 is 2.48 bits per heavy atom. The Morgan fingerprint density at radius 1 is 0.939 bits per heavy atom. The highest BCUT2D eigenvalue weighted by molar-refractivity contribution is 7.80. The number of thiocarbonyl (C=S) groups is 1. The van der Waals surface area contributed by atoms with Crippen molar-refractivity contribution >= 4 is 69.7 Å². The van der Waals surface area contributed by atoms with E-state index in [4.69, 9.17) is 17.3 Å². The third kappa shape index (κ3) is 7.91. The number of aromatic nitrogens is 5. The molecule has 9 nitrogen and oxygen atoms in total. The molecule has 0 saturated carbocycles. The molecule has 7 aromatic rings. The number of likely N-dealkylation sites (tertiary alicyclic amines) is 1. The molecule has 4 aromatic heterocycles. The minimum Gasteiger partial charge on any atom is -0.355 e. The highest BCUT2D eigenvalue weighted by atomic mass is 32.1. The van der Waals surface area contributed by atoms with Gasteiger partial charge in [-0.05, 0) is 123 Å². The fraction of sp³-hybridized carbons (Fsp3) is 0.352. The molecule has 0 spiro atoms. The Labute approximate surface area is 391 Å². The van der Waals surface area contributed by atoms with Crippen molar-refractivity contribution in [3.8, 4) is 11.1 Å². The van der Waals surface area contributed by atoms with Gasteiger partial charge < -0.3 is 24.5 Å². The Hall–Kier alpha value is -6.11. The summed E-state index contributed by atoms with van der Waals surface area (Å²) in [7, 11) is 0. The average Bonchev–Trinajstić information content (AvgIpc) is 4.00. The maximum atomic E-state index is 15.1. The van der Waals surface area contributed by atoms with E-state index < -0.39 is 6.43 Å². The minimum absolute atomic E-state index is 0.00170. The maximum absolute atomic E-state index is 15.1. The lowest BCUT2D eigenvalue weighted by Crippen LogP contribution is -2.41. The molecule has 0 amide bonds. The summed E-state index contributed by atoms with van der Waals surface area (Å²) in [6, 6.07) is 21.0. The van der Waals surface area contributed by atoms with Gasteiger partial charge in [-0.25, -0.2) is 13.8 Å². The molecule has 2 fully saturated rings. The first-order chi connectivity index (χ1) is 32.0. The molecular weight excluding hydrogens is 845 g/mol. The number of hydrogen-bond donors (Lipinski definition) is 2. The number of nitrogens with one attached hydrogen (secondary N) is 2. The molecule has 0 radical (unpaired) electrons. The first-order valence-corrected chi connectivity index (χ1v) is 24.1. The van der Waals surface area contributed by atoms with Crippen LogP contribution in [0.4, 0.5) is 31.7 Å². The van der Waals surface area contributed by atoms with Gasteiger partial charge in [0.05, 0.1) is 12.1 Å². The summed E-state index contributed by atoms with van der Waals surface area (Å²) < 4.78 is 36.6. The van der Waals surface area contributed by atoms with Crippen molar-refractivity contribution in [2.45, 2.75) is 104 Å². The molecule has 2 N–H and O–H groups in total. The predicted octanol–water partition coefficient (Wildman–Crippen LogP) is 11.2. The molecule has 3 aromatic carbocycles. The number of pyridine rings is 1. The molecule has 2 saturated heterocycles. The molecule has 0 bridgehead atoms. The second-order valence-electron chi connectivity index (χ2n) is 18.5. The van der Waals surface area contributed by atoms with Crippen LogP contribution < -0.4 is 26.2 Å². The molecule has 340 valence electrons. The highest BCUT2D eigenvalue weighted by Gasteiger charge is 2.32. The molecule has 10 rings (SSSR count). The van der Waals surface area contributed by atoms with E-state index in [2.05, 4.69) is 111 Å². The van der Waals surface area contributed by atoms with E-state index in [1.165, 1.54) is 16.8 Å². The molecule has 12 heteroatoms. The van der Waals surface area contributed by atoms with Crippen molar-refractivity contribution in [1.82, 2.24) is 33.9 Å². The monoisotopic (exact) mass is 903 g/mol. The van der Waals surface area contributed by atoms with E-state index in [-0.39, 0.29) is 17.6 Å². The quantitative estimate of drug-likeness (QED) is 0.118. The summed E-state index contributed by atoms with van der Waals surface area (Å²) in [6.45, 7) is 23.0. The number of anilines is 4. The van der Waals surface area contributed by atoms with Gasteiger partial charge in [0.2, 0.25) is 0 Å². The second-order valence-corrected chi connectivity index (χ2v) is 18.9. The largest absolute Gasteiger partial charge is 0.355 e. The number of benzene rings is 3. The van der Waals surface area contributed by atoms with Gasteiger partial charge in [0, 0.05) is 106 Å². The van der Waals surface area contributed by atoms with E-state index in [0.29, 0.717) is 5.56 Å². The Morgan fingerprint density at radius 2 is 1.74 bits per heavy atom. The highest BCUT2D eigenvalue weighted by Crippen LogP contribution is 2.44. The van der Waals surface area contributed by atoms with Gasteiger partial charge >= 0.3 is 0 Å². The molecule has 3 aliphatic rings. The van der Waals surface area contributed by atoms with Crippen molar-refractivity contribution < 1.29 is 8.78 Å². The van der Waals surface area contributed by atoms with Crippen molar-refractivity contribution in [3.63, 3.8) is 0 Å². The van der Waals surface area contributed by atoms with Gasteiger partial charge in [-0.15, -0.1) is 0 Å². The third-order valence-electron chi connectivity index (χ3n) is 14.2.